The highest BCUT2D eigenvalue weighted by Crippen LogP contribution is 2.16. The second-order valence-electron chi connectivity index (χ2n) is 4.05. The molecule has 2 heterocycles. The first-order valence-corrected chi connectivity index (χ1v) is 6.47. The zero-order valence-electron chi connectivity index (χ0n) is 9.76. The van der Waals surface area contributed by atoms with Gasteiger partial charge in [-0.15, -0.1) is 0 Å². The molecule has 1 saturated heterocycles. The smallest absolute Gasteiger partial charge is 0.260 e. The number of aromatic nitrogens is 1. The number of nitrogens with zero attached hydrogens (tertiary/aromatic N) is 2. The quantitative estimate of drug-likeness (QED) is 0.847. The van der Waals surface area contributed by atoms with Gasteiger partial charge in [0.1, 0.15) is 11.5 Å². The number of carbonyl (C=O) groups excluding carboxylic acids is 2. The summed E-state index contributed by atoms with van der Waals surface area (Å²) in [5.74, 6) is 0.671. The molecule has 0 unspecified atom stereocenters. The fourth-order valence-electron chi connectivity index (χ4n) is 1.71. The number of Topliss-reactive ketones (excluding diaryl/α,β-unsaturated/α-hetero) is 1. The van der Waals surface area contributed by atoms with Crippen LogP contribution in [0.5, 0.6) is 5.75 Å². The standard InChI is InChI=1S/C12H13BrN2O3/c13-9-5-11(7-14-6-9)18-8-12(17)15-3-1-10(16)2-4-15/h5-7H,1-4,8H2. The van der Waals surface area contributed by atoms with Gasteiger partial charge in [0.05, 0.1) is 6.20 Å². The SMILES string of the molecule is O=C1CCN(C(=O)COc2cncc(Br)c2)CC1. The fourth-order valence-corrected chi connectivity index (χ4v) is 2.06. The van der Waals surface area contributed by atoms with Gasteiger partial charge in [-0.2, -0.15) is 0 Å². The summed E-state index contributed by atoms with van der Waals surface area (Å²) in [6.07, 6.45) is 4.09. The molecule has 0 aromatic carbocycles. The van der Waals surface area contributed by atoms with Crippen LogP contribution in [0.3, 0.4) is 0 Å². The van der Waals surface area contributed by atoms with Crippen LogP contribution in [-0.2, 0) is 9.59 Å². The van der Waals surface area contributed by atoms with Gasteiger partial charge in [0, 0.05) is 36.6 Å². The molecule has 5 nitrogen and oxygen atoms in total. The van der Waals surface area contributed by atoms with Crippen molar-refractivity contribution in [2.75, 3.05) is 19.7 Å². The van der Waals surface area contributed by atoms with Crippen LogP contribution in [0.2, 0.25) is 0 Å². The van der Waals surface area contributed by atoms with Gasteiger partial charge in [0.2, 0.25) is 0 Å². The average Bonchev–Trinajstić information content (AvgIpc) is 2.37. The van der Waals surface area contributed by atoms with E-state index >= 15 is 0 Å². The molecule has 0 spiro atoms. The van der Waals surface area contributed by atoms with Crippen LogP contribution in [0.15, 0.2) is 22.9 Å². The van der Waals surface area contributed by atoms with Crippen LogP contribution in [0.4, 0.5) is 0 Å². The third kappa shape index (κ3) is 3.53. The predicted molar refractivity (Wildman–Crippen MR) is 68.3 cm³/mol. The Morgan fingerprint density at radius 2 is 2.11 bits per heavy atom. The second-order valence-corrected chi connectivity index (χ2v) is 4.96. The summed E-state index contributed by atoms with van der Waals surface area (Å²) in [5.41, 5.74) is 0. The Kier molecular flexibility index (Phi) is 4.30. The monoisotopic (exact) mass is 312 g/mol. The Morgan fingerprint density at radius 3 is 2.78 bits per heavy atom. The molecule has 1 amide bonds. The summed E-state index contributed by atoms with van der Waals surface area (Å²) >= 11 is 3.28. The molecule has 0 saturated carbocycles. The Bertz CT molecular complexity index is 454. The number of likely N-dealkylation sites (tertiary alicyclic amines) is 1. The molecule has 1 aliphatic heterocycles. The number of hydrogen-bond acceptors (Lipinski definition) is 4. The van der Waals surface area contributed by atoms with Crippen LogP contribution in [-0.4, -0.2) is 41.3 Å². The molecule has 0 aliphatic carbocycles. The summed E-state index contributed by atoms with van der Waals surface area (Å²) in [6.45, 7) is 0.974. The fraction of sp³-hybridized carbons (Fsp3) is 0.417. The Balaban J connectivity index is 1.83. The zero-order chi connectivity index (χ0) is 13.0. The molecule has 0 bridgehead atoms. The number of hydrogen-bond donors (Lipinski definition) is 0. The largest absolute Gasteiger partial charge is 0.482 e. The van der Waals surface area contributed by atoms with Gasteiger partial charge in [0.15, 0.2) is 6.61 Å². The lowest BCUT2D eigenvalue weighted by Gasteiger charge is -2.25. The van der Waals surface area contributed by atoms with E-state index in [1.54, 1.807) is 23.4 Å². The van der Waals surface area contributed by atoms with E-state index in [2.05, 4.69) is 20.9 Å². The molecule has 2 rings (SSSR count). The molecule has 1 aliphatic rings. The summed E-state index contributed by atoms with van der Waals surface area (Å²) in [7, 11) is 0. The lowest BCUT2D eigenvalue weighted by atomic mass is 10.1. The van der Waals surface area contributed by atoms with Crippen molar-refractivity contribution in [1.82, 2.24) is 9.88 Å². The van der Waals surface area contributed by atoms with E-state index in [0.717, 1.165) is 4.47 Å². The first-order valence-electron chi connectivity index (χ1n) is 5.68. The van der Waals surface area contributed by atoms with E-state index in [9.17, 15) is 9.59 Å². The number of rotatable bonds is 3. The highest BCUT2D eigenvalue weighted by Gasteiger charge is 2.20. The number of pyridine rings is 1. The molecular formula is C12H13BrN2O3. The number of halogens is 1. The third-order valence-corrected chi connectivity index (χ3v) is 3.15. The summed E-state index contributed by atoms with van der Waals surface area (Å²) in [6, 6.07) is 1.75. The van der Waals surface area contributed by atoms with Gasteiger partial charge in [-0.25, -0.2) is 0 Å². The minimum absolute atomic E-state index is 0.0215. The topological polar surface area (TPSA) is 59.5 Å². The molecule has 0 radical (unpaired) electrons. The number of carbonyl (C=O) groups is 2. The lowest BCUT2D eigenvalue weighted by molar-refractivity contribution is -0.136. The number of piperidine rings is 1. The van der Waals surface area contributed by atoms with Gasteiger partial charge in [0.25, 0.3) is 5.91 Å². The predicted octanol–water partition coefficient (Wildman–Crippen LogP) is 1.41. The molecular weight excluding hydrogens is 300 g/mol. The summed E-state index contributed by atoms with van der Waals surface area (Å²) in [4.78, 5) is 28.5. The van der Waals surface area contributed by atoms with Crippen molar-refractivity contribution >= 4 is 27.6 Å². The maximum atomic E-state index is 11.8. The highest BCUT2D eigenvalue weighted by atomic mass is 79.9. The molecule has 1 fully saturated rings. The number of ether oxygens (including phenoxy) is 1. The molecule has 0 N–H and O–H groups in total. The first kappa shape index (κ1) is 13.0. The zero-order valence-corrected chi connectivity index (χ0v) is 11.4. The van der Waals surface area contributed by atoms with E-state index in [1.807, 2.05) is 0 Å². The van der Waals surface area contributed by atoms with E-state index in [1.165, 1.54) is 0 Å². The van der Waals surface area contributed by atoms with E-state index in [-0.39, 0.29) is 18.3 Å². The van der Waals surface area contributed by atoms with Crippen molar-refractivity contribution < 1.29 is 14.3 Å². The summed E-state index contributed by atoms with van der Waals surface area (Å²) < 4.78 is 6.16. The molecule has 0 atom stereocenters. The Labute approximate surface area is 113 Å². The van der Waals surface area contributed by atoms with E-state index in [4.69, 9.17) is 4.74 Å². The van der Waals surface area contributed by atoms with Crippen molar-refractivity contribution in [1.29, 1.82) is 0 Å². The van der Waals surface area contributed by atoms with Crippen molar-refractivity contribution in [3.8, 4) is 5.75 Å². The highest BCUT2D eigenvalue weighted by molar-refractivity contribution is 9.10. The lowest BCUT2D eigenvalue weighted by Crippen LogP contribution is -2.41. The maximum absolute atomic E-state index is 11.8. The first-order chi connectivity index (χ1) is 8.65. The molecule has 6 heteroatoms. The van der Waals surface area contributed by atoms with Crippen molar-refractivity contribution in [3.63, 3.8) is 0 Å². The third-order valence-electron chi connectivity index (χ3n) is 2.72. The van der Waals surface area contributed by atoms with Crippen LogP contribution in [0.25, 0.3) is 0 Å². The van der Waals surface area contributed by atoms with Crippen LogP contribution in [0.1, 0.15) is 12.8 Å². The van der Waals surface area contributed by atoms with Gasteiger partial charge in [-0.05, 0) is 22.0 Å². The van der Waals surface area contributed by atoms with Crippen molar-refractivity contribution in [3.05, 3.63) is 22.9 Å². The minimum atomic E-state index is -0.0949. The van der Waals surface area contributed by atoms with Crippen molar-refractivity contribution in [2.24, 2.45) is 0 Å². The van der Waals surface area contributed by atoms with E-state index < -0.39 is 0 Å². The number of amides is 1. The van der Waals surface area contributed by atoms with Gasteiger partial charge >= 0.3 is 0 Å². The van der Waals surface area contributed by atoms with Crippen LogP contribution >= 0.6 is 15.9 Å². The molecule has 1 aromatic rings. The normalized spacial score (nSPS) is 15.6. The van der Waals surface area contributed by atoms with Gasteiger partial charge < -0.3 is 9.64 Å². The maximum Gasteiger partial charge on any atom is 0.260 e. The molecule has 18 heavy (non-hydrogen) atoms. The molecule has 96 valence electrons. The number of ketones is 1. The van der Waals surface area contributed by atoms with Gasteiger partial charge in [-0.3, -0.25) is 14.6 Å². The van der Waals surface area contributed by atoms with Crippen LogP contribution < -0.4 is 4.74 Å². The Morgan fingerprint density at radius 1 is 1.39 bits per heavy atom. The summed E-state index contributed by atoms with van der Waals surface area (Å²) in [5, 5.41) is 0. The second kappa shape index (κ2) is 5.95. The minimum Gasteiger partial charge on any atom is -0.482 e. The van der Waals surface area contributed by atoms with E-state index in [0.29, 0.717) is 31.7 Å². The van der Waals surface area contributed by atoms with Crippen LogP contribution in [0, 0.1) is 0 Å². The molecule has 1 aromatic heterocycles. The van der Waals surface area contributed by atoms with Crippen molar-refractivity contribution in [2.45, 2.75) is 12.8 Å². The Hall–Kier alpha value is -1.43. The average molecular weight is 313 g/mol. The van der Waals surface area contributed by atoms with Gasteiger partial charge in [-0.1, -0.05) is 0 Å².